The summed E-state index contributed by atoms with van der Waals surface area (Å²) >= 11 is 0. The lowest BCUT2D eigenvalue weighted by Gasteiger charge is -2.25. The highest BCUT2D eigenvalue weighted by molar-refractivity contribution is 5.89. The number of halogens is 1. The molecule has 0 aromatic heterocycles. The van der Waals surface area contributed by atoms with Crippen LogP contribution in [0.3, 0.4) is 0 Å². The van der Waals surface area contributed by atoms with Crippen LogP contribution < -0.4 is 15.4 Å². The summed E-state index contributed by atoms with van der Waals surface area (Å²) in [7, 11) is 0. The zero-order valence-electron chi connectivity index (χ0n) is 14.7. The molecular formula is C20H23FN2O3. The van der Waals surface area contributed by atoms with E-state index in [9.17, 15) is 9.18 Å². The molecule has 1 saturated heterocycles. The van der Waals surface area contributed by atoms with E-state index >= 15 is 0 Å². The van der Waals surface area contributed by atoms with Gasteiger partial charge in [-0.3, -0.25) is 0 Å². The van der Waals surface area contributed by atoms with Crippen LogP contribution in [0.25, 0.3) is 0 Å². The molecule has 0 spiro atoms. The Morgan fingerprint density at radius 1 is 1.23 bits per heavy atom. The molecule has 0 bridgehead atoms. The Labute approximate surface area is 152 Å². The minimum atomic E-state index is -0.334. The van der Waals surface area contributed by atoms with Crippen molar-refractivity contribution < 1.29 is 18.7 Å². The Morgan fingerprint density at radius 3 is 2.58 bits per heavy atom. The predicted octanol–water partition coefficient (Wildman–Crippen LogP) is 4.27. The largest absolute Gasteiger partial charge is 0.494 e. The number of nitrogens with one attached hydrogen (secondary N) is 2. The van der Waals surface area contributed by atoms with E-state index in [2.05, 4.69) is 10.6 Å². The molecule has 2 N–H and O–H groups in total. The van der Waals surface area contributed by atoms with Crippen molar-refractivity contribution in [3.8, 4) is 5.75 Å². The summed E-state index contributed by atoms with van der Waals surface area (Å²) in [4.78, 5) is 12.4. The van der Waals surface area contributed by atoms with Crippen LogP contribution in [-0.2, 0) is 4.74 Å². The maximum Gasteiger partial charge on any atom is 0.319 e. The molecule has 0 saturated carbocycles. The van der Waals surface area contributed by atoms with Gasteiger partial charge in [-0.1, -0.05) is 12.1 Å². The first-order valence-electron chi connectivity index (χ1n) is 8.83. The number of anilines is 1. The second-order valence-electron chi connectivity index (χ2n) is 6.14. The van der Waals surface area contributed by atoms with Crippen LogP contribution in [0.1, 0.15) is 31.4 Å². The Bertz CT molecular complexity index is 713. The molecule has 1 aliphatic rings. The van der Waals surface area contributed by atoms with Crippen LogP contribution in [0.15, 0.2) is 48.5 Å². The zero-order valence-corrected chi connectivity index (χ0v) is 14.7. The number of hydrogen-bond acceptors (Lipinski definition) is 3. The standard InChI is InChI=1S/C20H23FN2O3/c1-2-25-17-11-9-16(10-12-17)22-20(24)23-19(18-4-3-13-26-18)14-5-7-15(21)8-6-14/h5-12,18-19H,2-4,13H2,1H3,(H2,22,23,24). The number of benzene rings is 2. The van der Waals surface area contributed by atoms with Gasteiger partial charge in [0.2, 0.25) is 0 Å². The van der Waals surface area contributed by atoms with Crippen LogP contribution in [-0.4, -0.2) is 25.3 Å². The number of ether oxygens (including phenoxy) is 2. The molecule has 0 radical (unpaired) electrons. The third kappa shape index (κ3) is 4.73. The van der Waals surface area contributed by atoms with E-state index in [0.29, 0.717) is 18.9 Å². The molecule has 1 heterocycles. The molecule has 2 atom stereocenters. The van der Waals surface area contributed by atoms with E-state index < -0.39 is 0 Å². The van der Waals surface area contributed by atoms with Crippen molar-refractivity contribution in [3.05, 3.63) is 59.9 Å². The molecule has 2 aromatic rings. The molecule has 2 unspecified atom stereocenters. The molecule has 138 valence electrons. The van der Waals surface area contributed by atoms with Crippen molar-refractivity contribution in [3.63, 3.8) is 0 Å². The highest BCUT2D eigenvalue weighted by Crippen LogP contribution is 2.27. The molecule has 1 aliphatic heterocycles. The van der Waals surface area contributed by atoms with Crippen LogP contribution in [0.4, 0.5) is 14.9 Å². The lowest BCUT2D eigenvalue weighted by atomic mass is 9.99. The first-order chi connectivity index (χ1) is 12.7. The molecule has 2 aromatic carbocycles. The maximum absolute atomic E-state index is 13.2. The SMILES string of the molecule is CCOc1ccc(NC(=O)NC(c2ccc(F)cc2)C2CCCO2)cc1. The summed E-state index contributed by atoms with van der Waals surface area (Å²) in [6, 6.07) is 12.6. The molecule has 6 heteroatoms. The fourth-order valence-electron chi connectivity index (χ4n) is 3.04. The third-order valence-corrected chi connectivity index (χ3v) is 4.28. The van der Waals surface area contributed by atoms with Crippen LogP contribution in [0, 0.1) is 5.82 Å². The topological polar surface area (TPSA) is 59.6 Å². The van der Waals surface area contributed by atoms with Crippen LogP contribution in [0.2, 0.25) is 0 Å². The van der Waals surface area contributed by atoms with E-state index in [1.165, 1.54) is 12.1 Å². The van der Waals surface area contributed by atoms with Gasteiger partial charge >= 0.3 is 6.03 Å². The number of carbonyl (C=O) groups excluding carboxylic acids is 1. The average Bonchev–Trinajstić information content (AvgIpc) is 3.17. The molecule has 3 rings (SSSR count). The highest BCUT2D eigenvalue weighted by atomic mass is 19.1. The molecular weight excluding hydrogens is 335 g/mol. The summed E-state index contributed by atoms with van der Waals surface area (Å²) in [5, 5.41) is 5.77. The van der Waals surface area contributed by atoms with Crippen molar-refractivity contribution in [2.24, 2.45) is 0 Å². The molecule has 26 heavy (non-hydrogen) atoms. The summed E-state index contributed by atoms with van der Waals surface area (Å²) < 4.78 is 24.4. The van der Waals surface area contributed by atoms with Crippen molar-refractivity contribution >= 4 is 11.7 Å². The van der Waals surface area contributed by atoms with Gasteiger partial charge in [0.25, 0.3) is 0 Å². The number of amides is 2. The molecule has 2 amide bonds. The van der Waals surface area contributed by atoms with Gasteiger partial charge in [0, 0.05) is 12.3 Å². The van der Waals surface area contributed by atoms with E-state index in [1.807, 2.05) is 6.92 Å². The quantitative estimate of drug-likeness (QED) is 0.811. The van der Waals surface area contributed by atoms with Crippen LogP contribution in [0.5, 0.6) is 5.75 Å². The number of carbonyl (C=O) groups is 1. The fourth-order valence-corrected chi connectivity index (χ4v) is 3.04. The van der Waals surface area contributed by atoms with Gasteiger partial charge in [-0.2, -0.15) is 0 Å². The monoisotopic (exact) mass is 358 g/mol. The van der Waals surface area contributed by atoms with Crippen LogP contribution >= 0.6 is 0 Å². The lowest BCUT2D eigenvalue weighted by molar-refractivity contribution is 0.0815. The highest BCUT2D eigenvalue weighted by Gasteiger charge is 2.28. The molecule has 1 fully saturated rings. The number of rotatable bonds is 6. The third-order valence-electron chi connectivity index (χ3n) is 4.28. The Hall–Kier alpha value is -2.60. The second kappa shape index (κ2) is 8.67. The van der Waals surface area contributed by atoms with E-state index in [-0.39, 0.29) is 24.0 Å². The second-order valence-corrected chi connectivity index (χ2v) is 6.14. The number of hydrogen-bond donors (Lipinski definition) is 2. The van der Waals surface area contributed by atoms with Gasteiger partial charge < -0.3 is 20.1 Å². The van der Waals surface area contributed by atoms with Crippen molar-refractivity contribution in [1.82, 2.24) is 5.32 Å². The zero-order chi connectivity index (χ0) is 18.4. The van der Waals surface area contributed by atoms with E-state index in [1.54, 1.807) is 36.4 Å². The van der Waals surface area contributed by atoms with Gasteiger partial charge in [-0.25, -0.2) is 9.18 Å². The van der Waals surface area contributed by atoms with Gasteiger partial charge in [0.15, 0.2) is 0 Å². The van der Waals surface area contributed by atoms with Crippen molar-refractivity contribution in [2.45, 2.75) is 31.9 Å². The van der Waals surface area contributed by atoms with Gasteiger partial charge in [0.1, 0.15) is 11.6 Å². The fraction of sp³-hybridized carbons (Fsp3) is 0.350. The van der Waals surface area contributed by atoms with Crippen molar-refractivity contribution in [1.29, 1.82) is 0 Å². The molecule has 0 aliphatic carbocycles. The predicted molar refractivity (Wildman–Crippen MR) is 97.9 cm³/mol. The summed E-state index contributed by atoms with van der Waals surface area (Å²) in [6.07, 6.45) is 1.68. The minimum absolute atomic E-state index is 0.119. The normalized spacial score (nSPS) is 17.5. The maximum atomic E-state index is 13.2. The number of urea groups is 1. The first kappa shape index (κ1) is 18.2. The summed E-state index contributed by atoms with van der Waals surface area (Å²) in [6.45, 7) is 3.18. The van der Waals surface area contributed by atoms with E-state index in [4.69, 9.17) is 9.47 Å². The molecule has 5 nitrogen and oxygen atoms in total. The lowest BCUT2D eigenvalue weighted by Crippen LogP contribution is -2.38. The Kier molecular flexibility index (Phi) is 6.07. The summed E-state index contributed by atoms with van der Waals surface area (Å²) in [5.74, 6) is 0.445. The van der Waals surface area contributed by atoms with Gasteiger partial charge in [-0.15, -0.1) is 0 Å². The van der Waals surface area contributed by atoms with Gasteiger partial charge in [-0.05, 0) is 61.7 Å². The van der Waals surface area contributed by atoms with Gasteiger partial charge in [0.05, 0.1) is 18.8 Å². The Balaban J connectivity index is 1.67. The minimum Gasteiger partial charge on any atom is -0.494 e. The summed E-state index contributed by atoms with van der Waals surface area (Å²) in [5.41, 5.74) is 1.48. The Morgan fingerprint density at radius 2 is 1.96 bits per heavy atom. The average molecular weight is 358 g/mol. The smallest absolute Gasteiger partial charge is 0.319 e. The van der Waals surface area contributed by atoms with E-state index in [0.717, 1.165) is 24.2 Å². The van der Waals surface area contributed by atoms with Crippen molar-refractivity contribution in [2.75, 3.05) is 18.5 Å². The first-order valence-corrected chi connectivity index (χ1v) is 8.83.